The molecular formula is C18H14F3NO3S. The lowest BCUT2D eigenvalue weighted by Gasteiger charge is -2.25. The van der Waals surface area contributed by atoms with Gasteiger partial charge in [0.1, 0.15) is 0 Å². The lowest BCUT2D eigenvalue weighted by atomic mass is 10.0. The lowest BCUT2D eigenvalue weighted by molar-refractivity contribution is -0.137. The Bertz CT molecular complexity index is 918. The first-order valence-corrected chi connectivity index (χ1v) is 8.97. The summed E-state index contributed by atoms with van der Waals surface area (Å²) in [6.45, 7) is 3.61. The molecule has 136 valence electrons. The first-order chi connectivity index (χ1) is 12.1. The van der Waals surface area contributed by atoms with Crippen LogP contribution in [0.15, 0.2) is 59.3 Å². The van der Waals surface area contributed by atoms with Gasteiger partial charge < -0.3 is 5.32 Å². The normalized spacial score (nSPS) is 16.0. The number of carbonyl (C=O) groups excluding carboxylic acids is 1. The Kier molecular flexibility index (Phi) is 4.43. The SMILES string of the molecule is C=C(C(=O)Nc1ccc2c(c1)S(O)(O)C=C2)c1ccc(C(F)(F)F)cc1. The van der Waals surface area contributed by atoms with Crippen LogP contribution in [0.5, 0.6) is 0 Å². The molecule has 1 amide bonds. The molecule has 1 aliphatic heterocycles. The van der Waals surface area contributed by atoms with Gasteiger partial charge in [0.05, 0.1) is 10.5 Å². The van der Waals surface area contributed by atoms with E-state index in [2.05, 4.69) is 11.9 Å². The molecule has 0 bridgehead atoms. The van der Waals surface area contributed by atoms with Crippen molar-refractivity contribution in [3.05, 3.63) is 71.1 Å². The highest BCUT2D eigenvalue weighted by molar-refractivity contribution is 8.27. The maximum Gasteiger partial charge on any atom is 0.416 e. The number of carbonyl (C=O) groups is 1. The largest absolute Gasteiger partial charge is 0.416 e. The number of fused-ring (bicyclic) bond motifs is 1. The third kappa shape index (κ3) is 3.52. The van der Waals surface area contributed by atoms with Gasteiger partial charge in [-0.15, -0.1) is 10.6 Å². The lowest BCUT2D eigenvalue weighted by Crippen LogP contribution is -2.13. The minimum atomic E-state index is -4.45. The monoisotopic (exact) mass is 381 g/mol. The Hall–Kier alpha value is -2.55. The molecule has 0 fully saturated rings. The molecule has 1 aliphatic rings. The highest BCUT2D eigenvalue weighted by Gasteiger charge is 2.30. The summed E-state index contributed by atoms with van der Waals surface area (Å²) in [5.74, 6) is -0.604. The summed E-state index contributed by atoms with van der Waals surface area (Å²) >= 11 is 0. The fourth-order valence-electron chi connectivity index (χ4n) is 2.45. The van der Waals surface area contributed by atoms with Crippen LogP contribution in [-0.4, -0.2) is 15.0 Å². The van der Waals surface area contributed by atoms with Gasteiger partial charge in [-0.1, -0.05) is 24.8 Å². The molecule has 3 rings (SSSR count). The number of halogens is 3. The smallest absolute Gasteiger partial charge is 0.322 e. The summed E-state index contributed by atoms with van der Waals surface area (Å²) in [5.41, 5.74) is 0.396. The van der Waals surface area contributed by atoms with Gasteiger partial charge in [0.2, 0.25) is 0 Å². The van der Waals surface area contributed by atoms with Gasteiger partial charge >= 0.3 is 6.18 Å². The molecule has 1 heterocycles. The van der Waals surface area contributed by atoms with Crippen LogP contribution in [-0.2, 0) is 11.0 Å². The van der Waals surface area contributed by atoms with E-state index in [1.54, 1.807) is 18.2 Å². The van der Waals surface area contributed by atoms with Crippen molar-refractivity contribution >= 4 is 33.8 Å². The Morgan fingerprint density at radius 2 is 1.73 bits per heavy atom. The van der Waals surface area contributed by atoms with Gasteiger partial charge in [0.15, 0.2) is 0 Å². The second-order valence-corrected chi connectivity index (χ2v) is 7.55. The van der Waals surface area contributed by atoms with Gasteiger partial charge in [0.25, 0.3) is 5.91 Å². The van der Waals surface area contributed by atoms with Crippen LogP contribution >= 0.6 is 10.6 Å². The predicted molar refractivity (Wildman–Crippen MR) is 95.7 cm³/mol. The number of benzene rings is 2. The highest BCUT2D eigenvalue weighted by Crippen LogP contribution is 2.56. The Morgan fingerprint density at radius 3 is 2.35 bits per heavy atom. The Labute approximate surface area is 149 Å². The van der Waals surface area contributed by atoms with Crippen molar-refractivity contribution in [3.63, 3.8) is 0 Å². The maximum atomic E-state index is 12.6. The summed E-state index contributed by atoms with van der Waals surface area (Å²) in [5, 5.41) is 3.85. The second-order valence-electron chi connectivity index (χ2n) is 5.66. The fourth-order valence-corrected chi connectivity index (χ4v) is 3.72. The van der Waals surface area contributed by atoms with Gasteiger partial charge in [-0.25, -0.2) is 0 Å². The third-order valence-corrected chi connectivity index (χ3v) is 5.38. The Morgan fingerprint density at radius 1 is 1.08 bits per heavy atom. The van der Waals surface area contributed by atoms with E-state index in [4.69, 9.17) is 0 Å². The first kappa shape index (κ1) is 18.2. The minimum Gasteiger partial charge on any atom is -0.322 e. The van der Waals surface area contributed by atoms with Crippen LogP contribution < -0.4 is 5.32 Å². The number of alkyl halides is 3. The summed E-state index contributed by atoms with van der Waals surface area (Å²) in [4.78, 5) is 12.6. The third-order valence-electron chi connectivity index (χ3n) is 3.87. The highest BCUT2D eigenvalue weighted by atomic mass is 32.3. The van der Waals surface area contributed by atoms with Crippen LogP contribution in [0.25, 0.3) is 11.6 Å². The van der Waals surface area contributed by atoms with Gasteiger partial charge in [-0.05, 0) is 41.5 Å². The molecule has 0 aliphatic carbocycles. The summed E-state index contributed by atoms with van der Waals surface area (Å²) < 4.78 is 57.6. The average Bonchev–Trinajstić information content (AvgIpc) is 2.88. The van der Waals surface area contributed by atoms with Crippen LogP contribution in [0.1, 0.15) is 16.7 Å². The van der Waals surface area contributed by atoms with E-state index in [0.29, 0.717) is 16.1 Å². The average molecular weight is 381 g/mol. The summed E-state index contributed by atoms with van der Waals surface area (Å²) in [7, 11) is -3.02. The van der Waals surface area contributed by atoms with Crippen molar-refractivity contribution in [1.29, 1.82) is 0 Å². The quantitative estimate of drug-likeness (QED) is 0.619. The standard InChI is InChI=1S/C18H14F3NO3S/c1-11(12-2-5-14(6-3-12)18(19,20)21)17(23)22-15-7-4-13-8-9-26(24,25)16(13)10-15/h2-10,24-25H,1H2,(H,22,23). The second kappa shape index (κ2) is 6.31. The molecule has 0 atom stereocenters. The molecule has 0 spiro atoms. The van der Waals surface area contributed by atoms with Crippen LogP contribution in [0.2, 0.25) is 0 Å². The number of amides is 1. The predicted octanol–water partition coefficient (Wildman–Crippen LogP) is 5.45. The number of anilines is 1. The van der Waals surface area contributed by atoms with E-state index in [1.165, 1.54) is 23.6 Å². The number of rotatable bonds is 3. The van der Waals surface area contributed by atoms with Gasteiger partial charge in [-0.3, -0.25) is 13.9 Å². The van der Waals surface area contributed by atoms with E-state index in [9.17, 15) is 27.1 Å². The zero-order valence-corrected chi connectivity index (χ0v) is 14.1. The van der Waals surface area contributed by atoms with E-state index in [1.807, 2.05) is 0 Å². The van der Waals surface area contributed by atoms with E-state index >= 15 is 0 Å². The van der Waals surface area contributed by atoms with Gasteiger partial charge in [-0.2, -0.15) is 13.2 Å². The topological polar surface area (TPSA) is 69.6 Å². The molecule has 2 aromatic rings. The molecule has 0 unspecified atom stereocenters. The first-order valence-electron chi connectivity index (χ1n) is 7.36. The minimum absolute atomic E-state index is 0.0102. The van der Waals surface area contributed by atoms with Crippen LogP contribution in [0.4, 0.5) is 18.9 Å². The molecule has 0 radical (unpaired) electrons. The molecule has 4 nitrogen and oxygen atoms in total. The summed E-state index contributed by atoms with van der Waals surface area (Å²) in [6, 6.07) is 8.77. The molecule has 26 heavy (non-hydrogen) atoms. The fraction of sp³-hybridized carbons (Fsp3) is 0.0556. The van der Waals surface area contributed by atoms with E-state index in [-0.39, 0.29) is 11.1 Å². The molecule has 0 saturated heterocycles. The maximum absolute atomic E-state index is 12.6. The molecule has 0 saturated carbocycles. The molecule has 8 heteroatoms. The van der Waals surface area contributed by atoms with Crippen LogP contribution in [0.3, 0.4) is 0 Å². The van der Waals surface area contributed by atoms with Crippen molar-refractivity contribution < 1.29 is 27.1 Å². The van der Waals surface area contributed by atoms with Crippen molar-refractivity contribution in [2.75, 3.05) is 5.32 Å². The van der Waals surface area contributed by atoms with Crippen molar-refractivity contribution in [2.24, 2.45) is 0 Å². The number of hydrogen-bond donors (Lipinski definition) is 3. The molecule has 3 N–H and O–H groups in total. The van der Waals surface area contributed by atoms with Crippen LogP contribution in [0, 0.1) is 0 Å². The van der Waals surface area contributed by atoms with Gasteiger partial charge in [0, 0.05) is 16.7 Å². The van der Waals surface area contributed by atoms with Crippen molar-refractivity contribution in [1.82, 2.24) is 0 Å². The molecular weight excluding hydrogens is 367 g/mol. The molecule has 0 aromatic heterocycles. The van der Waals surface area contributed by atoms with Crippen molar-refractivity contribution in [2.45, 2.75) is 11.1 Å². The van der Waals surface area contributed by atoms with E-state index < -0.39 is 28.2 Å². The molecule has 2 aromatic carbocycles. The van der Waals surface area contributed by atoms with Crippen molar-refractivity contribution in [3.8, 4) is 0 Å². The Balaban J connectivity index is 1.76. The number of nitrogens with one attached hydrogen (secondary N) is 1. The van der Waals surface area contributed by atoms with E-state index in [0.717, 1.165) is 12.1 Å². The zero-order chi connectivity index (χ0) is 19.1. The number of hydrogen-bond acceptors (Lipinski definition) is 3. The zero-order valence-electron chi connectivity index (χ0n) is 13.2. The summed E-state index contributed by atoms with van der Waals surface area (Å²) in [6.07, 6.45) is -2.87.